The van der Waals surface area contributed by atoms with Crippen molar-refractivity contribution in [3.05, 3.63) is 11.8 Å². The lowest BCUT2D eigenvalue weighted by molar-refractivity contribution is 0.592. The van der Waals surface area contributed by atoms with E-state index in [4.69, 9.17) is 10.7 Å². The predicted octanol–water partition coefficient (Wildman–Crippen LogP) is 0.705. The highest BCUT2D eigenvalue weighted by Crippen LogP contribution is 2.21. The van der Waals surface area contributed by atoms with Gasteiger partial charge in [-0.3, -0.25) is 9.25 Å². The Bertz CT molecular complexity index is 688. The molecule has 2 aromatic rings. The van der Waals surface area contributed by atoms with Gasteiger partial charge in [0.05, 0.1) is 5.69 Å². The van der Waals surface area contributed by atoms with Crippen LogP contribution in [-0.2, 0) is 29.6 Å². The van der Waals surface area contributed by atoms with E-state index >= 15 is 0 Å². The maximum absolute atomic E-state index is 11.3. The van der Waals surface area contributed by atoms with Gasteiger partial charge in [0, 0.05) is 24.8 Å². The summed E-state index contributed by atoms with van der Waals surface area (Å²) < 4.78 is 25.5. The number of hydrogen-bond acceptors (Lipinski definition) is 5. The summed E-state index contributed by atoms with van der Waals surface area (Å²) in [5.74, 6) is 0.406. The molecule has 0 saturated carbocycles. The van der Waals surface area contributed by atoms with Gasteiger partial charge in [-0.1, -0.05) is 6.92 Å². The highest BCUT2D eigenvalue weighted by atomic mass is 35.7. The second kappa shape index (κ2) is 4.36. The summed E-state index contributed by atoms with van der Waals surface area (Å²) in [5, 5.41) is 11.4. The fourth-order valence-electron chi connectivity index (χ4n) is 1.66. The first-order chi connectivity index (χ1) is 8.34. The molecule has 0 radical (unpaired) electrons. The first kappa shape index (κ1) is 13.0. The normalized spacial score (nSPS) is 12.0. The zero-order chi connectivity index (χ0) is 13.5. The maximum atomic E-state index is 11.3. The van der Waals surface area contributed by atoms with Crippen LogP contribution >= 0.6 is 10.7 Å². The van der Waals surface area contributed by atoms with E-state index in [2.05, 4.69) is 15.3 Å². The average molecular weight is 290 g/mol. The average Bonchev–Trinajstić information content (AvgIpc) is 2.80. The molecule has 2 aromatic heterocycles. The molecule has 0 bridgehead atoms. The van der Waals surface area contributed by atoms with Gasteiger partial charge >= 0.3 is 0 Å². The third kappa shape index (κ3) is 2.13. The summed E-state index contributed by atoms with van der Waals surface area (Å²) in [6, 6.07) is 1.84. The molecule has 2 rings (SSSR count). The van der Waals surface area contributed by atoms with E-state index in [0.717, 1.165) is 12.1 Å². The van der Waals surface area contributed by atoms with Crippen LogP contribution in [0.3, 0.4) is 0 Å². The highest BCUT2D eigenvalue weighted by Gasteiger charge is 2.22. The van der Waals surface area contributed by atoms with Gasteiger partial charge in [0.25, 0.3) is 14.2 Å². The third-order valence-corrected chi connectivity index (χ3v) is 3.78. The lowest BCUT2D eigenvalue weighted by Gasteiger charge is -2.01. The van der Waals surface area contributed by atoms with Crippen LogP contribution in [0.2, 0.25) is 0 Å². The number of aryl methyl sites for hydroxylation is 2. The SMILES string of the molecule is CCc1cc(-c2nnc(S(=O)(=O)Cl)n2C)n(C)n1. The van der Waals surface area contributed by atoms with Gasteiger partial charge in [-0.05, 0) is 12.5 Å². The minimum atomic E-state index is -3.90. The minimum absolute atomic E-state index is 0.279. The number of hydrogen-bond donors (Lipinski definition) is 0. The van der Waals surface area contributed by atoms with E-state index in [1.165, 1.54) is 4.57 Å². The molecule has 0 aliphatic rings. The molecule has 18 heavy (non-hydrogen) atoms. The summed E-state index contributed by atoms with van der Waals surface area (Å²) in [4.78, 5) is 0. The fourth-order valence-corrected chi connectivity index (χ4v) is 2.61. The first-order valence-electron chi connectivity index (χ1n) is 5.22. The van der Waals surface area contributed by atoms with Crippen molar-refractivity contribution >= 4 is 19.7 Å². The molecule has 9 heteroatoms. The van der Waals surface area contributed by atoms with Crippen molar-refractivity contribution in [1.82, 2.24) is 24.5 Å². The molecule has 0 atom stereocenters. The Morgan fingerprint density at radius 3 is 2.44 bits per heavy atom. The lowest BCUT2D eigenvalue weighted by atomic mass is 10.3. The standard InChI is InChI=1S/C9H12ClN5O2S/c1-4-6-5-7(15(3)13-6)8-11-12-9(14(8)2)18(10,16)17/h5H,4H2,1-3H3. The molecule has 7 nitrogen and oxygen atoms in total. The topological polar surface area (TPSA) is 82.7 Å². The van der Waals surface area contributed by atoms with Gasteiger partial charge in [0.15, 0.2) is 5.82 Å². The zero-order valence-corrected chi connectivity index (χ0v) is 11.7. The van der Waals surface area contributed by atoms with E-state index in [1.807, 2.05) is 13.0 Å². The smallest absolute Gasteiger partial charge is 0.296 e. The lowest BCUT2D eigenvalue weighted by Crippen LogP contribution is -2.04. The van der Waals surface area contributed by atoms with Crippen LogP contribution in [0.1, 0.15) is 12.6 Å². The molecule has 0 aromatic carbocycles. The van der Waals surface area contributed by atoms with E-state index in [1.54, 1.807) is 18.8 Å². The summed E-state index contributed by atoms with van der Waals surface area (Å²) >= 11 is 0. The Balaban J connectivity index is 2.59. The Morgan fingerprint density at radius 1 is 1.33 bits per heavy atom. The van der Waals surface area contributed by atoms with Crippen LogP contribution in [0.25, 0.3) is 11.5 Å². The molecule has 0 fully saturated rings. The van der Waals surface area contributed by atoms with Crippen molar-refractivity contribution in [2.75, 3.05) is 0 Å². The largest absolute Gasteiger partial charge is 0.299 e. The highest BCUT2D eigenvalue weighted by molar-refractivity contribution is 8.13. The molecule has 0 spiro atoms. The molecule has 0 aliphatic carbocycles. The van der Waals surface area contributed by atoms with Gasteiger partial charge < -0.3 is 0 Å². The van der Waals surface area contributed by atoms with Crippen molar-refractivity contribution in [3.63, 3.8) is 0 Å². The van der Waals surface area contributed by atoms with Gasteiger partial charge in [0.1, 0.15) is 5.69 Å². The first-order valence-corrected chi connectivity index (χ1v) is 7.53. The van der Waals surface area contributed by atoms with Crippen LogP contribution in [0, 0.1) is 0 Å². The van der Waals surface area contributed by atoms with Gasteiger partial charge in [0.2, 0.25) is 0 Å². The van der Waals surface area contributed by atoms with E-state index in [9.17, 15) is 8.42 Å². The maximum Gasteiger partial charge on any atom is 0.296 e. The molecule has 0 saturated heterocycles. The molecule has 2 heterocycles. The van der Waals surface area contributed by atoms with Crippen LogP contribution in [-0.4, -0.2) is 33.0 Å². The number of aromatic nitrogens is 5. The van der Waals surface area contributed by atoms with Crippen LogP contribution < -0.4 is 0 Å². The molecule has 0 amide bonds. The van der Waals surface area contributed by atoms with Gasteiger partial charge in [-0.25, -0.2) is 8.42 Å². The Hall–Kier alpha value is -1.41. The van der Waals surface area contributed by atoms with E-state index < -0.39 is 9.05 Å². The summed E-state index contributed by atoms with van der Waals surface area (Å²) in [7, 11) is 4.67. The predicted molar refractivity (Wildman–Crippen MR) is 65.6 cm³/mol. The van der Waals surface area contributed by atoms with Crippen molar-refractivity contribution < 1.29 is 8.42 Å². The second-order valence-corrected chi connectivity index (χ2v) is 6.26. The Labute approximate surface area is 109 Å². The number of nitrogens with zero attached hydrogens (tertiary/aromatic N) is 5. The van der Waals surface area contributed by atoms with Crippen molar-refractivity contribution in [2.24, 2.45) is 14.1 Å². The second-order valence-electron chi connectivity index (χ2n) is 3.80. The number of rotatable bonds is 3. The van der Waals surface area contributed by atoms with Crippen LogP contribution in [0.4, 0.5) is 0 Å². The van der Waals surface area contributed by atoms with Gasteiger partial charge in [-0.2, -0.15) is 5.10 Å². The number of halogens is 1. The Morgan fingerprint density at radius 2 is 2.00 bits per heavy atom. The minimum Gasteiger partial charge on any atom is -0.299 e. The van der Waals surface area contributed by atoms with E-state index in [0.29, 0.717) is 11.5 Å². The van der Waals surface area contributed by atoms with Crippen LogP contribution in [0.5, 0.6) is 0 Å². The Kier molecular flexibility index (Phi) is 3.16. The zero-order valence-electron chi connectivity index (χ0n) is 10.1. The van der Waals surface area contributed by atoms with Crippen molar-refractivity contribution in [2.45, 2.75) is 18.5 Å². The summed E-state index contributed by atoms with van der Waals surface area (Å²) in [6.45, 7) is 1.98. The van der Waals surface area contributed by atoms with Gasteiger partial charge in [-0.15, -0.1) is 10.2 Å². The van der Waals surface area contributed by atoms with Crippen molar-refractivity contribution in [3.8, 4) is 11.5 Å². The molecule has 0 N–H and O–H groups in total. The molecular formula is C9H12ClN5O2S. The molecule has 0 aliphatic heterocycles. The molecular weight excluding hydrogens is 278 g/mol. The molecule has 98 valence electrons. The monoisotopic (exact) mass is 289 g/mol. The quantitative estimate of drug-likeness (QED) is 0.777. The summed E-state index contributed by atoms with van der Waals surface area (Å²) in [6.07, 6.45) is 0.784. The summed E-state index contributed by atoms with van der Waals surface area (Å²) in [5.41, 5.74) is 1.58. The fraction of sp³-hybridized carbons (Fsp3) is 0.444. The van der Waals surface area contributed by atoms with Crippen LogP contribution in [0.15, 0.2) is 11.2 Å². The van der Waals surface area contributed by atoms with E-state index in [-0.39, 0.29) is 5.16 Å². The third-order valence-electron chi connectivity index (χ3n) is 2.57. The van der Waals surface area contributed by atoms with Crippen molar-refractivity contribution in [1.29, 1.82) is 0 Å². The molecule has 0 unspecified atom stereocenters.